The molecule has 0 bridgehead atoms. The number of rotatable bonds is 3. The van der Waals surface area contributed by atoms with Crippen molar-refractivity contribution >= 4 is 28.6 Å². The molecule has 1 aliphatic heterocycles. The smallest absolute Gasteiger partial charge is 0.397 e. The monoisotopic (exact) mass is 376 g/mol. The van der Waals surface area contributed by atoms with E-state index >= 15 is 0 Å². The van der Waals surface area contributed by atoms with Crippen LogP contribution >= 0.6 is 11.3 Å². The van der Waals surface area contributed by atoms with Crippen molar-refractivity contribution < 1.29 is 23.0 Å². The SMILES string of the molecule is Nc1ccc(-c2cncs2)cc1NC(=O)c1cc2c(cn1)OC(F)(F)O2. The van der Waals surface area contributed by atoms with Crippen LogP contribution in [0.3, 0.4) is 0 Å². The fourth-order valence-corrected chi connectivity index (χ4v) is 2.96. The molecular formula is C16H10F2N4O3S. The number of ether oxygens (including phenoxy) is 2. The highest BCUT2D eigenvalue weighted by Crippen LogP contribution is 2.40. The van der Waals surface area contributed by atoms with E-state index in [0.717, 1.165) is 22.7 Å². The number of hydrogen-bond donors (Lipinski definition) is 2. The Morgan fingerprint density at radius 1 is 1.19 bits per heavy atom. The first-order valence-corrected chi connectivity index (χ1v) is 8.15. The summed E-state index contributed by atoms with van der Waals surface area (Å²) < 4.78 is 34.7. The van der Waals surface area contributed by atoms with Crippen molar-refractivity contribution in [3.8, 4) is 21.9 Å². The maximum Gasteiger partial charge on any atom is 0.586 e. The number of carbonyl (C=O) groups excluding carboxylic acids is 1. The average molecular weight is 376 g/mol. The molecule has 1 aromatic carbocycles. The van der Waals surface area contributed by atoms with E-state index in [0.29, 0.717) is 11.4 Å². The molecule has 7 nitrogen and oxygen atoms in total. The highest BCUT2D eigenvalue weighted by molar-refractivity contribution is 7.13. The Kier molecular flexibility index (Phi) is 3.69. The van der Waals surface area contributed by atoms with Crippen LogP contribution in [0.2, 0.25) is 0 Å². The van der Waals surface area contributed by atoms with Crippen LogP contribution in [-0.2, 0) is 0 Å². The zero-order chi connectivity index (χ0) is 18.3. The second-order valence-corrected chi connectivity index (χ2v) is 6.19. The van der Waals surface area contributed by atoms with Crippen molar-refractivity contribution in [2.24, 2.45) is 0 Å². The third-order valence-corrected chi connectivity index (χ3v) is 4.36. The summed E-state index contributed by atoms with van der Waals surface area (Å²) in [5, 5.41) is 2.61. The fourth-order valence-electron chi connectivity index (χ4n) is 2.34. The second kappa shape index (κ2) is 5.92. The normalized spacial score (nSPS) is 14.2. The number of alkyl halides is 2. The molecule has 10 heteroatoms. The number of anilines is 2. The topological polar surface area (TPSA) is 99.4 Å². The summed E-state index contributed by atoms with van der Waals surface area (Å²) in [5.41, 5.74) is 9.02. The number of amides is 1. The Hall–Kier alpha value is -3.27. The van der Waals surface area contributed by atoms with Gasteiger partial charge in [0.1, 0.15) is 5.69 Å². The minimum atomic E-state index is -3.77. The Bertz CT molecular complexity index is 995. The number of hydrogen-bond acceptors (Lipinski definition) is 7. The summed E-state index contributed by atoms with van der Waals surface area (Å²) in [6.07, 6.45) is -1.07. The summed E-state index contributed by atoms with van der Waals surface area (Å²) in [7, 11) is 0. The molecular weight excluding hydrogens is 366 g/mol. The Balaban J connectivity index is 1.59. The molecule has 3 aromatic rings. The van der Waals surface area contributed by atoms with Gasteiger partial charge in [-0.2, -0.15) is 0 Å². The first-order chi connectivity index (χ1) is 12.4. The predicted molar refractivity (Wildman–Crippen MR) is 90.4 cm³/mol. The van der Waals surface area contributed by atoms with E-state index in [1.165, 1.54) is 11.3 Å². The minimum Gasteiger partial charge on any atom is -0.397 e. The minimum absolute atomic E-state index is 0.118. The number of pyridine rings is 1. The van der Waals surface area contributed by atoms with Gasteiger partial charge in [-0.05, 0) is 17.7 Å². The van der Waals surface area contributed by atoms with Crippen molar-refractivity contribution in [3.63, 3.8) is 0 Å². The molecule has 0 atom stereocenters. The number of benzene rings is 1. The van der Waals surface area contributed by atoms with Gasteiger partial charge in [0.2, 0.25) is 0 Å². The van der Waals surface area contributed by atoms with Gasteiger partial charge in [-0.15, -0.1) is 20.1 Å². The summed E-state index contributed by atoms with van der Waals surface area (Å²) in [6.45, 7) is 0. The fraction of sp³-hybridized carbons (Fsp3) is 0.0625. The van der Waals surface area contributed by atoms with Crippen molar-refractivity contribution in [1.29, 1.82) is 0 Å². The van der Waals surface area contributed by atoms with Gasteiger partial charge in [-0.1, -0.05) is 6.07 Å². The zero-order valence-electron chi connectivity index (χ0n) is 12.9. The second-order valence-electron chi connectivity index (χ2n) is 5.31. The molecule has 0 saturated carbocycles. The lowest BCUT2D eigenvalue weighted by Crippen LogP contribution is -2.25. The van der Waals surface area contributed by atoms with Crippen LogP contribution < -0.4 is 20.5 Å². The molecule has 0 radical (unpaired) electrons. The number of nitrogens with zero attached hydrogens (tertiary/aromatic N) is 2. The Morgan fingerprint density at radius 3 is 2.77 bits per heavy atom. The number of fused-ring (bicyclic) bond motifs is 1. The van der Waals surface area contributed by atoms with E-state index in [-0.39, 0.29) is 17.2 Å². The number of nitrogens with two attached hydrogens (primary N) is 1. The van der Waals surface area contributed by atoms with Crippen molar-refractivity contribution in [3.05, 3.63) is 47.9 Å². The summed E-state index contributed by atoms with van der Waals surface area (Å²) in [4.78, 5) is 21.1. The zero-order valence-corrected chi connectivity index (χ0v) is 13.7. The number of nitrogen functional groups attached to an aromatic ring is 1. The standard InChI is InChI=1S/C16H10F2N4O3S/c17-16(18)24-12-4-11(21-5-13(12)25-16)15(23)22-10-3-8(1-2-9(10)19)14-6-20-7-26-14/h1-7H,19H2,(H,22,23). The van der Waals surface area contributed by atoms with Crippen LogP contribution in [0.25, 0.3) is 10.4 Å². The Morgan fingerprint density at radius 2 is 2.00 bits per heavy atom. The van der Waals surface area contributed by atoms with Crippen molar-refractivity contribution in [2.75, 3.05) is 11.1 Å². The molecule has 0 unspecified atom stereocenters. The molecule has 0 saturated heterocycles. The molecule has 2 aromatic heterocycles. The van der Waals surface area contributed by atoms with Gasteiger partial charge in [-0.25, -0.2) is 4.98 Å². The molecule has 0 aliphatic carbocycles. The lowest BCUT2D eigenvalue weighted by Gasteiger charge is -2.09. The van der Waals surface area contributed by atoms with Gasteiger partial charge in [0.25, 0.3) is 5.91 Å². The molecule has 3 N–H and O–H groups in total. The van der Waals surface area contributed by atoms with Gasteiger partial charge >= 0.3 is 6.29 Å². The highest BCUT2D eigenvalue weighted by atomic mass is 32.1. The predicted octanol–water partition coefficient (Wildman–Crippen LogP) is 3.36. The first kappa shape index (κ1) is 16.2. The van der Waals surface area contributed by atoms with E-state index in [4.69, 9.17) is 5.73 Å². The molecule has 1 amide bonds. The maximum absolute atomic E-state index is 13.1. The van der Waals surface area contributed by atoms with Crippen molar-refractivity contribution in [1.82, 2.24) is 9.97 Å². The molecule has 0 spiro atoms. The van der Waals surface area contributed by atoms with Crippen LogP contribution in [0.5, 0.6) is 11.5 Å². The number of nitrogens with one attached hydrogen (secondary N) is 1. The van der Waals surface area contributed by atoms with E-state index in [9.17, 15) is 13.6 Å². The Labute approximate surface area is 149 Å². The van der Waals surface area contributed by atoms with Crippen LogP contribution in [0.4, 0.5) is 20.2 Å². The first-order valence-electron chi connectivity index (χ1n) is 7.27. The molecule has 0 fully saturated rings. The molecule has 26 heavy (non-hydrogen) atoms. The van der Waals surface area contributed by atoms with Crippen LogP contribution in [-0.4, -0.2) is 22.2 Å². The van der Waals surface area contributed by atoms with E-state index in [1.54, 1.807) is 29.9 Å². The van der Waals surface area contributed by atoms with Crippen LogP contribution in [0.1, 0.15) is 10.5 Å². The largest absolute Gasteiger partial charge is 0.586 e. The summed E-state index contributed by atoms with van der Waals surface area (Å²) in [6, 6.07) is 6.23. The quantitative estimate of drug-likeness (QED) is 0.680. The molecule has 4 rings (SSSR count). The molecule has 132 valence electrons. The van der Waals surface area contributed by atoms with Crippen LogP contribution in [0, 0.1) is 0 Å². The van der Waals surface area contributed by atoms with Gasteiger partial charge in [0.05, 0.1) is 28.0 Å². The third kappa shape index (κ3) is 3.02. The number of carbonyl (C=O) groups is 1. The van der Waals surface area contributed by atoms with E-state index in [2.05, 4.69) is 24.8 Å². The van der Waals surface area contributed by atoms with Gasteiger partial charge in [-0.3, -0.25) is 9.78 Å². The van der Waals surface area contributed by atoms with Gasteiger partial charge in [0.15, 0.2) is 11.5 Å². The lowest BCUT2D eigenvalue weighted by molar-refractivity contribution is -0.286. The highest BCUT2D eigenvalue weighted by Gasteiger charge is 2.44. The number of halogens is 2. The molecule has 3 heterocycles. The van der Waals surface area contributed by atoms with E-state index < -0.39 is 12.2 Å². The van der Waals surface area contributed by atoms with Crippen molar-refractivity contribution in [2.45, 2.75) is 6.29 Å². The number of aromatic nitrogens is 2. The summed E-state index contributed by atoms with van der Waals surface area (Å²) in [5.74, 6) is -1.13. The van der Waals surface area contributed by atoms with E-state index in [1.807, 2.05) is 0 Å². The number of thiazole rings is 1. The van der Waals surface area contributed by atoms with Crippen LogP contribution in [0.15, 0.2) is 42.2 Å². The molecule has 1 aliphatic rings. The average Bonchev–Trinajstić information content (AvgIpc) is 3.22. The third-order valence-electron chi connectivity index (χ3n) is 3.54. The lowest BCUT2D eigenvalue weighted by atomic mass is 10.1. The maximum atomic E-state index is 13.1. The summed E-state index contributed by atoms with van der Waals surface area (Å²) >= 11 is 1.44. The van der Waals surface area contributed by atoms with Gasteiger partial charge < -0.3 is 20.5 Å². The van der Waals surface area contributed by atoms with Gasteiger partial charge in [0, 0.05) is 12.3 Å².